The standard InChI is InChI=1S/C36H40N2O11Se/c1-19(39)37-33-23(42-3)11-13-29(31(33)21-15-25(44-5)35(48-9)26(16-21)45-6)50(41)30-14-12-24(43-4)34(38-20(2)40)32(30)22-17-27(46-7)36(49-10)28(18-22)47-8/h11-18H,1-10H3,(H,37,39)(H,38,40). The Bertz CT molecular complexity index is 1760. The Hall–Kier alpha value is -5.46. The minimum atomic E-state index is -3.38. The SMILES string of the molecule is COc1ccc([Se](=O)c2ccc(OC)c(NC(C)=O)c2-c2cc(OC)c(OC)c(OC)c2)c(-c2cc(OC)c(OC)c(OC)c2)c1NC(C)=O. The zero-order valence-electron chi connectivity index (χ0n) is 29.5. The molecule has 4 rings (SSSR count). The average Bonchev–Trinajstić information content (AvgIpc) is 3.12. The van der Waals surface area contributed by atoms with Crippen LogP contribution in [0.4, 0.5) is 11.4 Å². The van der Waals surface area contributed by atoms with Gasteiger partial charge in [0, 0.05) is 0 Å². The molecular weight excluding hydrogens is 715 g/mol. The Morgan fingerprint density at radius 2 is 0.780 bits per heavy atom. The van der Waals surface area contributed by atoms with Crippen LogP contribution >= 0.6 is 0 Å². The molecule has 0 fully saturated rings. The van der Waals surface area contributed by atoms with Gasteiger partial charge in [-0.3, -0.25) is 0 Å². The molecule has 2 amide bonds. The Labute approximate surface area is 294 Å². The number of benzene rings is 4. The van der Waals surface area contributed by atoms with Crippen LogP contribution in [0.2, 0.25) is 0 Å². The number of hydrogen-bond donors (Lipinski definition) is 2. The summed E-state index contributed by atoms with van der Waals surface area (Å²) in [4.78, 5) is 25.2. The van der Waals surface area contributed by atoms with Crippen molar-refractivity contribution in [2.24, 2.45) is 0 Å². The van der Waals surface area contributed by atoms with Gasteiger partial charge >= 0.3 is 295 Å². The van der Waals surface area contributed by atoms with Crippen LogP contribution in [0.1, 0.15) is 13.8 Å². The van der Waals surface area contributed by atoms with E-state index in [9.17, 15) is 9.59 Å². The first-order valence-corrected chi connectivity index (χ1v) is 17.4. The van der Waals surface area contributed by atoms with Crippen molar-refractivity contribution < 1.29 is 51.3 Å². The molecular formula is C36H40N2O11Se. The Balaban J connectivity index is 2.18. The first-order chi connectivity index (χ1) is 24.0. The quantitative estimate of drug-likeness (QED) is 0.175. The molecule has 13 nitrogen and oxygen atoms in total. The van der Waals surface area contributed by atoms with E-state index < -0.39 is 13.8 Å². The maximum absolute atomic E-state index is 15.3. The van der Waals surface area contributed by atoms with Gasteiger partial charge in [0.1, 0.15) is 0 Å². The zero-order chi connectivity index (χ0) is 36.7. The van der Waals surface area contributed by atoms with E-state index in [4.69, 9.17) is 37.9 Å². The summed E-state index contributed by atoms with van der Waals surface area (Å²) in [6.45, 7) is 2.73. The van der Waals surface area contributed by atoms with Gasteiger partial charge in [-0.05, 0) is 0 Å². The van der Waals surface area contributed by atoms with E-state index in [0.717, 1.165) is 0 Å². The molecule has 0 heterocycles. The van der Waals surface area contributed by atoms with Crippen LogP contribution < -0.4 is 57.5 Å². The van der Waals surface area contributed by atoms with Crippen LogP contribution in [-0.2, 0) is 13.4 Å². The molecule has 0 bridgehead atoms. The fraction of sp³-hybridized carbons (Fsp3) is 0.278. The molecule has 0 radical (unpaired) electrons. The first-order valence-electron chi connectivity index (χ1n) is 15.0. The van der Waals surface area contributed by atoms with Crippen molar-refractivity contribution in [2.45, 2.75) is 13.8 Å². The molecule has 0 aliphatic carbocycles. The van der Waals surface area contributed by atoms with E-state index in [1.807, 2.05) is 0 Å². The monoisotopic (exact) mass is 756 g/mol. The third kappa shape index (κ3) is 7.26. The van der Waals surface area contributed by atoms with Gasteiger partial charge in [-0.15, -0.1) is 0 Å². The van der Waals surface area contributed by atoms with Gasteiger partial charge in [-0.25, -0.2) is 0 Å². The number of carbonyl (C=O) groups excluding carboxylic acids is 2. The summed E-state index contributed by atoms with van der Waals surface area (Å²) >= 11 is -3.38. The van der Waals surface area contributed by atoms with Gasteiger partial charge in [0.2, 0.25) is 0 Å². The van der Waals surface area contributed by atoms with Crippen molar-refractivity contribution >= 4 is 45.9 Å². The number of hydrogen-bond acceptors (Lipinski definition) is 11. The molecule has 266 valence electrons. The summed E-state index contributed by atoms with van der Waals surface area (Å²) in [5, 5.41) is 5.73. The average molecular weight is 756 g/mol. The van der Waals surface area contributed by atoms with Crippen LogP contribution in [0.3, 0.4) is 0 Å². The number of rotatable bonds is 14. The summed E-state index contributed by atoms with van der Waals surface area (Å²) in [7, 11) is 11.8. The molecule has 2 N–H and O–H groups in total. The van der Waals surface area contributed by atoms with E-state index >= 15 is 3.83 Å². The molecule has 4 aromatic carbocycles. The summed E-state index contributed by atoms with van der Waals surface area (Å²) in [6.07, 6.45) is 0. The van der Waals surface area contributed by atoms with Gasteiger partial charge in [-0.1, -0.05) is 0 Å². The number of carbonyl (C=O) groups is 2. The predicted molar refractivity (Wildman–Crippen MR) is 190 cm³/mol. The van der Waals surface area contributed by atoms with Gasteiger partial charge in [0.15, 0.2) is 0 Å². The summed E-state index contributed by atoms with van der Waals surface area (Å²) < 4.78 is 61.0. The van der Waals surface area contributed by atoms with Gasteiger partial charge in [-0.2, -0.15) is 0 Å². The van der Waals surface area contributed by atoms with Crippen LogP contribution in [0.25, 0.3) is 22.3 Å². The second-order valence-electron chi connectivity index (χ2n) is 10.5. The topological polar surface area (TPSA) is 149 Å². The van der Waals surface area contributed by atoms with Crippen LogP contribution in [0, 0.1) is 0 Å². The van der Waals surface area contributed by atoms with Crippen molar-refractivity contribution in [3.05, 3.63) is 48.5 Å². The Morgan fingerprint density at radius 1 is 0.480 bits per heavy atom. The second kappa shape index (κ2) is 16.3. The van der Waals surface area contributed by atoms with Gasteiger partial charge in [0.05, 0.1) is 0 Å². The van der Waals surface area contributed by atoms with Gasteiger partial charge in [0.25, 0.3) is 0 Å². The molecule has 0 aliphatic rings. The van der Waals surface area contributed by atoms with Gasteiger partial charge < -0.3 is 0 Å². The van der Waals surface area contributed by atoms with Crippen molar-refractivity contribution in [3.63, 3.8) is 0 Å². The molecule has 0 aromatic heterocycles. The molecule has 0 saturated heterocycles. The molecule has 0 unspecified atom stereocenters. The Kier molecular flexibility index (Phi) is 12.2. The van der Waals surface area contributed by atoms with Crippen molar-refractivity contribution in [3.8, 4) is 68.2 Å². The Morgan fingerprint density at radius 3 is 1.02 bits per heavy atom. The van der Waals surface area contributed by atoms with Crippen LogP contribution in [0.5, 0.6) is 46.0 Å². The first kappa shape index (κ1) is 37.4. The molecule has 0 aliphatic heterocycles. The zero-order valence-corrected chi connectivity index (χ0v) is 31.2. The predicted octanol–water partition coefficient (Wildman–Crippen LogP) is 4.54. The molecule has 0 saturated carbocycles. The number of amides is 2. The van der Waals surface area contributed by atoms with Crippen LogP contribution in [0.15, 0.2) is 48.5 Å². The molecule has 0 atom stereocenters. The normalized spacial score (nSPS) is 10.6. The van der Waals surface area contributed by atoms with E-state index in [0.29, 0.717) is 77.2 Å². The summed E-state index contributed by atoms with van der Waals surface area (Å²) in [5.74, 6) is 1.92. The fourth-order valence-corrected chi connectivity index (χ4v) is 8.52. The molecule has 50 heavy (non-hydrogen) atoms. The van der Waals surface area contributed by atoms with E-state index in [1.54, 1.807) is 48.5 Å². The van der Waals surface area contributed by atoms with Crippen molar-refractivity contribution in [1.29, 1.82) is 0 Å². The van der Waals surface area contributed by atoms with Crippen molar-refractivity contribution in [1.82, 2.24) is 0 Å². The number of methoxy groups -OCH3 is 8. The van der Waals surface area contributed by atoms with E-state index in [-0.39, 0.29) is 23.2 Å². The molecule has 0 spiro atoms. The van der Waals surface area contributed by atoms with E-state index in [2.05, 4.69) is 10.6 Å². The molecule has 4 aromatic rings. The molecule has 14 heteroatoms. The maximum atomic E-state index is 15.3. The third-order valence-corrected chi connectivity index (χ3v) is 10.7. The third-order valence-electron chi connectivity index (χ3n) is 7.61. The van der Waals surface area contributed by atoms with Crippen LogP contribution in [-0.4, -0.2) is 82.5 Å². The fourth-order valence-electron chi connectivity index (χ4n) is 5.52. The minimum absolute atomic E-state index is 0.279. The second-order valence-corrected chi connectivity index (χ2v) is 13.5. The summed E-state index contributed by atoms with van der Waals surface area (Å²) in [5.41, 5.74) is 2.33. The number of anilines is 2. The number of nitrogens with one attached hydrogen (secondary N) is 2. The van der Waals surface area contributed by atoms with E-state index in [1.165, 1.54) is 70.7 Å². The number of ether oxygens (including phenoxy) is 8. The van der Waals surface area contributed by atoms with Crippen molar-refractivity contribution in [2.75, 3.05) is 67.5 Å². The summed E-state index contributed by atoms with van der Waals surface area (Å²) in [6, 6.07) is 13.4.